The van der Waals surface area contributed by atoms with Gasteiger partial charge >= 0.3 is 0 Å². The zero-order valence-corrected chi connectivity index (χ0v) is 23.8. The summed E-state index contributed by atoms with van der Waals surface area (Å²) in [5.41, 5.74) is 0.303. The first-order valence-corrected chi connectivity index (χ1v) is 14.7. The Labute approximate surface area is 228 Å². The molecule has 2 N–H and O–H groups in total. The van der Waals surface area contributed by atoms with Gasteiger partial charge < -0.3 is 15.4 Å². The summed E-state index contributed by atoms with van der Waals surface area (Å²) in [5, 5.41) is 5.60. The second-order valence-corrected chi connectivity index (χ2v) is 12.1. The van der Waals surface area contributed by atoms with Crippen LogP contribution in [0.3, 0.4) is 0 Å². The van der Waals surface area contributed by atoms with Gasteiger partial charge in [-0.1, -0.05) is 24.3 Å². The standard InChI is InChI=1S/C28H33N3O5S2/c1-6-36-25-14-10-9-13-24(25)31(38(34,35)21-17-15-20(37-5)16-18-21)19-26(32)29-23-12-8-7-11-22(23)27(33)30-28(2,3)4/h7-18H,6,19H2,1-5H3,(H,29,32)(H,30,33). The summed E-state index contributed by atoms with van der Waals surface area (Å²) in [6, 6.07) is 19.7. The number of carbonyl (C=O) groups excluding carboxylic acids is 2. The highest BCUT2D eigenvalue weighted by atomic mass is 32.2. The molecular formula is C28H33N3O5S2. The fourth-order valence-electron chi connectivity index (χ4n) is 3.63. The summed E-state index contributed by atoms with van der Waals surface area (Å²) in [6.07, 6.45) is 1.90. The van der Waals surface area contributed by atoms with Gasteiger partial charge in [-0.3, -0.25) is 13.9 Å². The summed E-state index contributed by atoms with van der Waals surface area (Å²) in [6.45, 7) is 7.15. The number of benzene rings is 3. The highest BCUT2D eigenvalue weighted by molar-refractivity contribution is 7.98. The molecule has 10 heteroatoms. The number of hydrogen-bond donors (Lipinski definition) is 2. The summed E-state index contributed by atoms with van der Waals surface area (Å²) < 4.78 is 34.4. The van der Waals surface area contributed by atoms with Crippen molar-refractivity contribution < 1.29 is 22.7 Å². The maximum atomic E-state index is 13.8. The number of carbonyl (C=O) groups is 2. The van der Waals surface area contributed by atoms with Crippen molar-refractivity contribution in [2.45, 2.75) is 43.0 Å². The Kier molecular flexibility index (Phi) is 9.45. The van der Waals surface area contributed by atoms with Crippen molar-refractivity contribution in [1.29, 1.82) is 0 Å². The van der Waals surface area contributed by atoms with Crippen LogP contribution in [0.2, 0.25) is 0 Å². The fraction of sp³-hybridized carbons (Fsp3) is 0.286. The molecule has 8 nitrogen and oxygen atoms in total. The lowest BCUT2D eigenvalue weighted by Crippen LogP contribution is -2.41. The molecule has 0 aliphatic heterocycles. The zero-order valence-electron chi connectivity index (χ0n) is 22.1. The van der Waals surface area contributed by atoms with Crippen molar-refractivity contribution >= 4 is 45.0 Å². The Morgan fingerprint density at radius 1 is 0.947 bits per heavy atom. The second-order valence-electron chi connectivity index (χ2n) is 9.39. The van der Waals surface area contributed by atoms with Gasteiger partial charge in [-0.15, -0.1) is 11.8 Å². The van der Waals surface area contributed by atoms with Crippen LogP contribution in [0, 0.1) is 0 Å². The van der Waals surface area contributed by atoms with E-state index in [-0.39, 0.29) is 27.7 Å². The lowest BCUT2D eigenvalue weighted by Gasteiger charge is -2.26. The number of ether oxygens (including phenoxy) is 1. The molecular weight excluding hydrogens is 522 g/mol. The molecule has 0 bridgehead atoms. The largest absolute Gasteiger partial charge is 0.492 e. The Bertz CT molecular complexity index is 1380. The number of rotatable bonds is 10. The van der Waals surface area contributed by atoms with Crippen LogP contribution in [0.25, 0.3) is 0 Å². The molecule has 0 radical (unpaired) electrons. The third-order valence-electron chi connectivity index (χ3n) is 5.30. The summed E-state index contributed by atoms with van der Waals surface area (Å²) in [7, 11) is -4.15. The number of anilines is 2. The Balaban J connectivity index is 1.98. The molecule has 0 fully saturated rings. The second kappa shape index (κ2) is 12.4. The first-order chi connectivity index (χ1) is 18.0. The predicted octanol–water partition coefficient (Wildman–Crippen LogP) is 5.17. The van der Waals surface area contributed by atoms with Crippen LogP contribution in [0.5, 0.6) is 5.75 Å². The highest BCUT2D eigenvalue weighted by Gasteiger charge is 2.30. The van der Waals surface area contributed by atoms with Crippen LogP contribution in [-0.2, 0) is 14.8 Å². The van der Waals surface area contributed by atoms with Gasteiger partial charge in [0.1, 0.15) is 12.3 Å². The number of nitrogens with one attached hydrogen (secondary N) is 2. The summed E-state index contributed by atoms with van der Waals surface area (Å²) in [4.78, 5) is 27.1. The van der Waals surface area contributed by atoms with Gasteiger partial charge in [0.05, 0.1) is 28.4 Å². The van der Waals surface area contributed by atoms with Gasteiger partial charge in [-0.2, -0.15) is 0 Å². The van der Waals surface area contributed by atoms with Gasteiger partial charge in [-0.25, -0.2) is 8.42 Å². The van der Waals surface area contributed by atoms with Gasteiger partial charge in [0, 0.05) is 10.4 Å². The van der Waals surface area contributed by atoms with Crippen LogP contribution in [0.15, 0.2) is 82.6 Å². The van der Waals surface area contributed by atoms with E-state index in [0.29, 0.717) is 12.4 Å². The van der Waals surface area contributed by atoms with Crippen molar-refractivity contribution in [2.24, 2.45) is 0 Å². The number of amides is 2. The molecule has 3 aromatic rings. The van der Waals surface area contributed by atoms with Gasteiger partial charge in [0.2, 0.25) is 5.91 Å². The molecule has 0 aliphatic carbocycles. The molecule has 3 aromatic carbocycles. The molecule has 0 unspecified atom stereocenters. The monoisotopic (exact) mass is 555 g/mol. The van der Waals surface area contributed by atoms with E-state index in [1.54, 1.807) is 67.6 Å². The Morgan fingerprint density at radius 3 is 2.21 bits per heavy atom. The van der Waals surface area contributed by atoms with Crippen molar-refractivity contribution in [3.8, 4) is 5.75 Å². The SMILES string of the molecule is CCOc1ccccc1N(CC(=O)Nc1ccccc1C(=O)NC(C)(C)C)S(=O)(=O)c1ccc(SC)cc1. The van der Waals surface area contributed by atoms with E-state index in [2.05, 4.69) is 10.6 Å². The molecule has 2 amide bonds. The number of thioether (sulfide) groups is 1. The minimum absolute atomic E-state index is 0.0411. The van der Waals surface area contributed by atoms with E-state index in [4.69, 9.17) is 4.74 Å². The number of hydrogen-bond acceptors (Lipinski definition) is 6. The Hall–Kier alpha value is -3.50. The van der Waals surface area contributed by atoms with E-state index in [9.17, 15) is 18.0 Å². The molecule has 0 atom stereocenters. The molecule has 0 saturated heterocycles. The van der Waals surface area contributed by atoms with Crippen molar-refractivity contribution in [2.75, 3.05) is 29.0 Å². The van der Waals surface area contributed by atoms with Gasteiger partial charge in [0.15, 0.2) is 0 Å². The molecule has 0 aromatic heterocycles. The first kappa shape index (κ1) is 29.1. The quantitative estimate of drug-likeness (QED) is 0.335. The van der Waals surface area contributed by atoms with E-state index in [1.165, 1.54) is 23.9 Å². The lowest BCUT2D eigenvalue weighted by molar-refractivity contribution is -0.114. The van der Waals surface area contributed by atoms with E-state index in [1.807, 2.05) is 27.0 Å². The van der Waals surface area contributed by atoms with Crippen molar-refractivity contribution in [3.63, 3.8) is 0 Å². The molecule has 0 spiro atoms. The fourth-order valence-corrected chi connectivity index (χ4v) is 5.47. The molecule has 0 heterocycles. The minimum Gasteiger partial charge on any atom is -0.492 e. The average Bonchev–Trinajstić information content (AvgIpc) is 2.87. The highest BCUT2D eigenvalue weighted by Crippen LogP contribution is 2.33. The van der Waals surface area contributed by atoms with Crippen LogP contribution in [0.1, 0.15) is 38.1 Å². The minimum atomic E-state index is -4.15. The molecule has 202 valence electrons. The van der Waals surface area contributed by atoms with Crippen LogP contribution < -0.4 is 19.7 Å². The third-order valence-corrected chi connectivity index (χ3v) is 7.82. The first-order valence-electron chi connectivity index (χ1n) is 12.1. The third kappa shape index (κ3) is 7.29. The van der Waals surface area contributed by atoms with E-state index < -0.39 is 28.0 Å². The zero-order chi connectivity index (χ0) is 27.9. The van der Waals surface area contributed by atoms with E-state index >= 15 is 0 Å². The number of para-hydroxylation sites is 3. The van der Waals surface area contributed by atoms with Crippen molar-refractivity contribution in [3.05, 3.63) is 78.4 Å². The maximum absolute atomic E-state index is 13.8. The smallest absolute Gasteiger partial charge is 0.264 e. The lowest BCUT2D eigenvalue weighted by atomic mass is 10.1. The summed E-state index contributed by atoms with van der Waals surface area (Å²) >= 11 is 1.50. The maximum Gasteiger partial charge on any atom is 0.264 e. The van der Waals surface area contributed by atoms with Crippen LogP contribution >= 0.6 is 11.8 Å². The van der Waals surface area contributed by atoms with Crippen molar-refractivity contribution in [1.82, 2.24) is 5.32 Å². The molecule has 0 saturated carbocycles. The van der Waals surface area contributed by atoms with Gasteiger partial charge in [0.25, 0.3) is 15.9 Å². The predicted molar refractivity (Wildman–Crippen MR) is 153 cm³/mol. The van der Waals surface area contributed by atoms with Gasteiger partial charge in [-0.05, 0) is 82.5 Å². The normalized spacial score (nSPS) is 11.5. The summed E-state index contributed by atoms with van der Waals surface area (Å²) in [5.74, 6) is -0.637. The Morgan fingerprint density at radius 2 is 1.58 bits per heavy atom. The molecule has 0 aliphatic rings. The van der Waals surface area contributed by atoms with E-state index in [0.717, 1.165) is 9.20 Å². The number of sulfonamides is 1. The van der Waals surface area contributed by atoms with Crippen LogP contribution in [0.4, 0.5) is 11.4 Å². The average molecular weight is 556 g/mol. The topological polar surface area (TPSA) is 105 Å². The van der Waals surface area contributed by atoms with Crippen LogP contribution in [-0.4, -0.2) is 45.2 Å². The molecule has 38 heavy (non-hydrogen) atoms. The number of nitrogens with zero attached hydrogens (tertiary/aromatic N) is 1. The molecule has 3 rings (SSSR count).